The van der Waals surface area contributed by atoms with Crippen LogP contribution in [0.5, 0.6) is 0 Å². The molecule has 3 rings (SSSR count). The van der Waals surface area contributed by atoms with Gasteiger partial charge in [-0.15, -0.1) is 0 Å². The standard InChI is InChI=1S/C17H22/c1-16(2)14-9-5-4-8-13(14)12-17(3)11-7-6-10-15(16)17/h4-11,13-15H,12H2,1-3H3/t13?,14?,15?,17-/m0/s1. The van der Waals surface area contributed by atoms with E-state index >= 15 is 0 Å². The van der Waals surface area contributed by atoms with Crippen molar-refractivity contribution in [2.45, 2.75) is 27.2 Å². The fourth-order valence-electron chi connectivity index (χ4n) is 4.43. The van der Waals surface area contributed by atoms with E-state index in [-0.39, 0.29) is 0 Å². The van der Waals surface area contributed by atoms with Gasteiger partial charge in [0.1, 0.15) is 0 Å². The maximum atomic E-state index is 2.44. The second kappa shape index (κ2) is 3.48. The Hall–Kier alpha value is -1.04. The Morgan fingerprint density at radius 1 is 0.882 bits per heavy atom. The molecule has 0 radical (unpaired) electrons. The summed E-state index contributed by atoms with van der Waals surface area (Å²) in [6.45, 7) is 7.32. The van der Waals surface area contributed by atoms with Gasteiger partial charge in [-0.3, -0.25) is 0 Å². The first-order chi connectivity index (χ1) is 8.04. The van der Waals surface area contributed by atoms with E-state index in [1.54, 1.807) is 0 Å². The normalized spacial score (nSPS) is 45.5. The van der Waals surface area contributed by atoms with Gasteiger partial charge >= 0.3 is 0 Å². The van der Waals surface area contributed by atoms with Crippen LogP contribution < -0.4 is 0 Å². The molecule has 0 bridgehead atoms. The molecule has 3 aliphatic carbocycles. The minimum absolute atomic E-state index is 0.342. The van der Waals surface area contributed by atoms with Gasteiger partial charge in [0.25, 0.3) is 0 Å². The number of fused-ring (bicyclic) bond motifs is 2. The van der Waals surface area contributed by atoms with Crippen LogP contribution in [0.3, 0.4) is 0 Å². The molecule has 1 saturated carbocycles. The summed E-state index contributed by atoms with van der Waals surface area (Å²) < 4.78 is 0. The first kappa shape index (κ1) is 11.1. The Balaban J connectivity index is 2.06. The van der Waals surface area contributed by atoms with Crippen molar-refractivity contribution in [3.63, 3.8) is 0 Å². The van der Waals surface area contributed by atoms with E-state index in [1.807, 2.05) is 0 Å². The lowest BCUT2D eigenvalue weighted by atomic mass is 9.48. The lowest BCUT2D eigenvalue weighted by Gasteiger charge is -2.56. The van der Waals surface area contributed by atoms with Crippen LogP contribution >= 0.6 is 0 Å². The first-order valence-corrected chi connectivity index (χ1v) is 6.75. The highest BCUT2D eigenvalue weighted by molar-refractivity contribution is 5.29. The molecule has 1 fully saturated rings. The summed E-state index contributed by atoms with van der Waals surface area (Å²) in [5.74, 6) is 2.08. The van der Waals surface area contributed by atoms with E-state index in [2.05, 4.69) is 69.4 Å². The summed E-state index contributed by atoms with van der Waals surface area (Å²) in [5.41, 5.74) is 0.690. The average Bonchev–Trinajstić information content (AvgIpc) is 2.28. The molecule has 0 heteroatoms. The fraction of sp³-hybridized carbons (Fsp3) is 0.529. The molecule has 0 aromatic rings. The Bertz CT molecular complexity index is 433. The van der Waals surface area contributed by atoms with Gasteiger partial charge in [0.2, 0.25) is 0 Å². The van der Waals surface area contributed by atoms with Crippen molar-refractivity contribution in [3.8, 4) is 0 Å². The van der Waals surface area contributed by atoms with Crippen molar-refractivity contribution < 1.29 is 0 Å². The van der Waals surface area contributed by atoms with Crippen LogP contribution in [-0.4, -0.2) is 0 Å². The molecule has 0 N–H and O–H groups in total. The molecule has 4 atom stereocenters. The molecule has 0 aliphatic heterocycles. The van der Waals surface area contributed by atoms with Crippen molar-refractivity contribution in [3.05, 3.63) is 48.6 Å². The minimum atomic E-state index is 0.342. The maximum Gasteiger partial charge on any atom is -0.00694 e. The van der Waals surface area contributed by atoms with Crippen LogP contribution in [0, 0.1) is 28.6 Å². The molecule has 0 aromatic carbocycles. The van der Waals surface area contributed by atoms with E-state index in [0.29, 0.717) is 28.6 Å². The monoisotopic (exact) mass is 226 g/mol. The summed E-state index contributed by atoms with van der Waals surface area (Å²) in [4.78, 5) is 0. The number of allylic oxidation sites excluding steroid dienone is 8. The van der Waals surface area contributed by atoms with Crippen LogP contribution in [0.1, 0.15) is 27.2 Å². The van der Waals surface area contributed by atoms with Gasteiger partial charge in [-0.05, 0) is 35.0 Å². The van der Waals surface area contributed by atoms with Gasteiger partial charge in [-0.1, -0.05) is 69.4 Å². The zero-order valence-electron chi connectivity index (χ0n) is 11.1. The molecule has 0 nitrogen and oxygen atoms in total. The van der Waals surface area contributed by atoms with Crippen molar-refractivity contribution in [2.75, 3.05) is 0 Å². The second-order valence-electron chi connectivity index (χ2n) is 6.71. The highest BCUT2D eigenvalue weighted by Gasteiger charge is 2.52. The van der Waals surface area contributed by atoms with Gasteiger partial charge in [0.05, 0.1) is 0 Å². The maximum absolute atomic E-state index is 2.44. The van der Waals surface area contributed by atoms with E-state index in [4.69, 9.17) is 0 Å². The second-order valence-corrected chi connectivity index (χ2v) is 6.71. The molecule has 90 valence electrons. The highest BCUT2D eigenvalue weighted by Crippen LogP contribution is 2.59. The SMILES string of the molecule is CC1(C)C2C=CC=CC2C[C@]2(C)C=CC=CC12. The van der Waals surface area contributed by atoms with Crippen LogP contribution in [0.25, 0.3) is 0 Å². The van der Waals surface area contributed by atoms with Gasteiger partial charge in [0.15, 0.2) is 0 Å². The summed E-state index contributed by atoms with van der Waals surface area (Å²) in [6.07, 6.45) is 19.9. The smallest absolute Gasteiger partial charge is 0.00694 e. The Morgan fingerprint density at radius 3 is 2.41 bits per heavy atom. The average molecular weight is 226 g/mol. The molecule has 3 unspecified atom stereocenters. The van der Waals surface area contributed by atoms with E-state index in [9.17, 15) is 0 Å². The lowest BCUT2D eigenvalue weighted by Crippen LogP contribution is -2.49. The number of hydrogen-bond donors (Lipinski definition) is 0. The van der Waals surface area contributed by atoms with Crippen LogP contribution in [0.15, 0.2) is 48.6 Å². The molecule has 17 heavy (non-hydrogen) atoms. The summed E-state index contributed by atoms with van der Waals surface area (Å²) in [6, 6.07) is 0. The third-order valence-corrected chi connectivity index (χ3v) is 5.19. The van der Waals surface area contributed by atoms with Crippen LogP contribution in [-0.2, 0) is 0 Å². The molecule has 0 spiro atoms. The molecule has 0 amide bonds. The topological polar surface area (TPSA) is 0 Å². The molecule has 3 aliphatic rings. The zero-order valence-corrected chi connectivity index (χ0v) is 11.1. The van der Waals surface area contributed by atoms with Gasteiger partial charge < -0.3 is 0 Å². The zero-order chi connectivity index (χ0) is 12.1. The van der Waals surface area contributed by atoms with Crippen molar-refractivity contribution >= 4 is 0 Å². The van der Waals surface area contributed by atoms with Gasteiger partial charge in [0, 0.05) is 0 Å². The first-order valence-electron chi connectivity index (χ1n) is 6.75. The summed E-state index contributed by atoms with van der Waals surface area (Å²) in [5, 5.41) is 0. The predicted molar refractivity (Wildman–Crippen MR) is 73.5 cm³/mol. The number of hydrogen-bond acceptors (Lipinski definition) is 0. The molecular weight excluding hydrogens is 204 g/mol. The van der Waals surface area contributed by atoms with Crippen molar-refractivity contribution in [2.24, 2.45) is 28.6 Å². The summed E-state index contributed by atoms with van der Waals surface area (Å²) >= 11 is 0. The van der Waals surface area contributed by atoms with E-state index in [0.717, 1.165) is 0 Å². The third kappa shape index (κ3) is 1.50. The van der Waals surface area contributed by atoms with E-state index < -0.39 is 0 Å². The van der Waals surface area contributed by atoms with Crippen molar-refractivity contribution in [1.82, 2.24) is 0 Å². The third-order valence-electron chi connectivity index (χ3n) is 5.19. The quantitative estimate of drug-likeness (QED) is 0.569. The van der Waals surface area contributed by atoms with Crippen LogP contribution in [0.4, 0.5) is 0 Å². The fourth-order valence-corrected chi connectivity index (χ4v) is 4.43. The Labute approximate surface area is 105 Å². The van der Waals surface area contributed by atoms with Crippen molar-refractivity contribution in [1.29, 1.82) is 0 Å². The molecule has 0 heterocycles. The van der Waals surface area contributed by atoms with Gasteiger partial charge in [-0.2, -0.15) is 0 Å². The van der Waals surface area contributed by atoms with Crippen LogP contribution in [0.2, 0.25) is 0 Å². The lowest BCUT2D eigenvalue weighted by molar-refractivity contribution is 0.00240. The predicted octanol–water partition coefficient (Wildman–Crippen LogP) is 4.52. The highest BCUT2D eigenvalue weighted by atomic mass is 14.6. The Kier molecular flexibility index (Phi) is 2.26. The largest absolute Gasteiger partial charge is 0.0808 e. The van der Waals surface area contributed by atoms with Gasteiger partial charge in [-0.25, -0.2) is 0 Å². The molecule has 0 aromatic heterocycles. The Morgan fingerprint density at radius 2 is 1.59 bits per heavy atom. The number of rotatable bonds is 0. The molecular formula is C17H22. The van der Waals surface area contributed by atoms with E-state index in [1.165, 1.54) is 6.42 Å². The molecule has 0 saturated heterocycles. The minimum Gasteiger partial charge on any atom is -0.0808 e. The summed E-state index contributed by atoms with van der Waals surface area (Å²) in [7, 11) is 0.